The average molecular weight is 1030 g/mol. The molecule has 0 spiro atoms. The Labute approximate surface area is 432 Å². The van der Waals surface area contributed by atoms with E-state index in [2.05, 4.69) is 41.5 Å². The van der Waals surface area contributed by atoms with Gasteiger partial charge >= 0.3 is 0 Å². The standard InChI is InChI=1S/C55H38Cl4N8O5/c1-30-23-38(18-22-50(30)64-66-52-43-10-6-4-8-34(43)25-45(54(52)70)55(71)60-37-16-20-46(56)48(58)27-37)62-61-36-13-11-32(12-14-36)41-19-15-39(26-44(41)31(2)68)63-65-51-42-9-5-3-7-33(42)24-35(53(51)69)29-72-67-40-17-21-47(57)49(59)28-40/h3-28,67,69-70H,29H2,1-2H3,(H,60,71). The fourth-order valence-electron chi connectivity index (χ4n) is 7.69. The molecule has 0 saturated carbocycles. The van der Waals surface area contributed by atoms with E-state index >= 15 is 0 Å². The molecule has 0 radical (unpaired) electrons. The van der Waals surface area contributed by atoms with Crippen molar-refractivity contribution in [1.29, 1.82) is 0 Å². The van der Waals surface area contributed by atoms with Crippen LogP contribution in [-0.2, 0) is 11.4 Å². The number of hydrogen-bond donors (Lipinski definition) is 4. The van der Waals surface area contributed by atoms with Gasteiger partial charge in [-0.1, -0.05) is 113 Å². The van der Waals surface area contributed by atoms with Crippen molar-refractivity contribution in [2.75, 3.05) is 10.8 Å². The number of carbonyl (C=O) groups is 2. The molecule has 0 atom stereocenters. The van der Waals surface area contributed by atoms with Crippen LogP contribution in [0.3, 0.4) is 0 Å². The summed E-state index contributed by atoms with van der Waals surface area (Å²) in [4.78, 5) is 32.1. The van der Waals surface area contributed by atoms with Crippen molar-refractivity contribution in [3.8, 4) is 22.6 Å². The van der Waals surface area contributed by atoms with Gasteiger partial charge in [-0.2, -0.15) is 20.5 Å². The highest BCUT2D eigenvalue weighted by atomic mass is 35.5. The largest absolute Gasteiger partial charge is 0.505 e. The Morgan fingerprint density at radius 2 is 1.11 bits per heavy atom. The van der Waals surface area contributed by atoms with Crippen LogP contribution in [0.5, 0.6) is 11.5 Å². The summed E-state index contributed by atoms with van der Waals surface area (Å²) < 4.78 is 0. The van der Waals surface area contributed by atoms with Crippen LogP contribution in [0.25, 0.3) is 32.7 Å². The maximum absolute atomic E-state index is 13.4. The molecule has 0 aliphatic carbocycles. The Kier molecular flexibility index (Phi) is 14.6. The number of amides is 1. The monoisotopic (exact) mass is 1030 g/mol. The first-order valence-electron chi connectivity index (χ1n) is 22.0. The first kappa shape index (κ1) is 49.0. The Morgan fingerprint density at radius 3 is 1.79 bits per heavy atom. The Hall–Kier alpha value is -8.04. The predicted molar refractivity (Wildman–Crippen MR) is 286 cm³/mol. The number of benzene rings is 9. The van der Waals surface area contributed by atoms with Gasteiger partial charge in [0.25, 0.3) is 5.91 Å². The zero-order valence-electron chi connectivity index (χ0n) is 38.0. The van der Waals surface area contributed by atoms with E-state index in [0.29, 0.717) is 82.0 Å². The van der Waals surface area contributed by atoms with E-state index in [0.717, 1.165) is 16.5 Å². The molecule has 0 saturated heterocycles. The number of halogens is 4. The molecule has 4 N–H and O–H groups in total. The van der Waals surface area contributed by atoms with Crippen molar-refractivity contribution in [3.05, 3.63) is 200 Å². The van der Waals surface area contributed by atoms with Gasteiger partial charge in [-0.25, -0.2) is 0 Å². The molecule has 72 heavy (non-hydrogen) atoms. The van der Waals surface area contributed by atoms with E-state index in [4.69, 9.17) is 51.2 Å². The van der Waals surface area contributed by atoms with Crippen LogP contribution in [0, 0.1) is 6.92 Å². The Morgan fingerprint density at radius 1 is 0.542 bits per heavy atom. The number of azo groups is 3. The third-order valence-electron chi connectivity index (χ3n) is 11.4. The SMILES string of the molecule is CC(=O)c1cc(N=Nc2c(O)c(CONc3ccc(Cl)c(Cl)c3)cc3ccccc23)ccc1-c1ccc(N=Nc2ccc(N=Nc3c(O)c(C(=O)Nc4ccc(Cl)c(Cl)c4)cc4ccccc34)c(C)c2)cc1. The molecule has 1 amide bonds. The van der Waals surface area contributed by atoms with Gasteiger partial charge < -0.3 is 15.5 Å². The van der Waals surface area contributed by atoms with Crippen molar-refractivity contribution in [2.24, 2.45) is 30.7 Å². The number of rotatable bonds is 14. The van der Waals surface area contributed by atoms with Crippen molar-refractivity contribution < 1.29 is 24.6 Å². The minimum atomic E-state index is -0.570. The van der Waals surface area contributed by atoms with Gasteiger partial charge in [-0.15, -0.1) is 10.2 Å². The number of phenolic OH excluding ortho intramolecular Hbond substituents is 2. The van der Waals surface area contributed by atoms with Crippen molar-refractivity contribution in [3.63, 3.8) is 0 Å². The fourth-order valence-corrected chi connectivity index (χ4v) is 8.29. The zero-order chi connectivity index (χ0) is 50.5. The van der Waals surface area contributed by atoms with Crippen LogP contribution >= 0.6 is 46.4 Å². The number of phenols is 2. The van der Waals surface area contributed by atoms with Crippen LogP contribution < -0.4 is 10.8 Å². The van der Waals surface area contributed by atoms with E-state index in [1.165, 1.54) is 13.0 Å². The smallest absolute Gasteiger partial charge is 0.259 e. The highest BCUT2D eigenvalue weighted by Crippen LogP contribution is 2.42. The summed E-state index contributed by atoms with van der Waals surface area (Å²) in [7, 11) is 0. The Balaban J connectivity index is 0.889. The van der Waals surface area contributed by atoms with Gasteiger partial charge in [-0.05, 0) is 132 Å². The number of aryl methyl sites for hydroxylation is 1. The zero-order valence-corrected chi connectivity index (χ0v) is 41.1. The number of fused-ring (bicyclic) bond motifs is 2. The van der Waals surface area contributed by atoms with Gasteiger partial charge in [0, 0.05) is 27.6 Å². The summed E-state index contributed by atoms with van der Waals surface area (Å²) in [6, 6.07) is 45.6. The predicted octanol–water partition coefficient (Wildman–Crippen LogP) is 18.2. The second-order valence-electron chi connectivity index (χ2n) is 16.3. The summed E-state index contributed by atoms with van der Waals surface area (Å²) in [5.41, 5.74) is 9.32. The van der Waals surface area contributed by atoms with Gasteiger partial charge in [0.15, 0.2) is 11.5 Å². The molecule has 9 aromatic carbocycles. The lowest BCUT2D eigenvalue weighted by molar-refractivity contribution is 0.101. The number of ketones is 1. The lowest BCUT2D eigenvalue weighted by Crippen LogP contribution is -2.12. The minimum absolute atomic E-state index is 0.0000349. The summed E-state index contributed by atoms with van der Waals surface area (Å²) in [5.74, 6) is -1.19. The molecule has 0 fully saturated rings. The number of Topliss-reactive ketones (excluding diaryl/α,β-unsaturated/α-hetero) is 1. The summed E-state index contributed by atoms with van der Waals surface area (Å²) in [6.07, 6.45) is 0. The second-order valence-corrected chi connectivity index (χ2v) is 17.9. The molecule has 0 aromatic heterocycles. The topological polar surface area (TPSA) is 182 Å². The Bertz CT molecular complexity index is 3700. The number of aromatic hydroxyl groups is 2. The van der Waals surface area contributed by atoms with E-state index in [9.17, 15) is 19.8 Å². The molecule has 9 aromatic rings. The molecule has 0 heterocycles. The first-order chi connectivity index (χ1) is 34.8. The van der Waals surface area contributed by atoms with Crippen LogP contribution in [0.4, 0.5) is 45.5 Å². The highest BCUT2D eigenvalue weighted by molar-refractivity contribution is 6.42. The summed E-state index contributed by atoms with van der Waals surface area (Å²) >= 11 is 24.3. The van der Waals surface area contributed by atoms with Crippen molar-refractivity contribution in [1.82, 2.24) is 0 Å². The van der Waals surface area contributed by atoms with Gasteiger partial charge in [-0.3, -0.25) is 19.9 Å². The maximum atomic E-state index is 13.4. The lowest BCUT2D eigenvalue weighted by atomic mass is 9.97. The van der Waals surface area contributed by atoms with Crippen LogP contribution in [0.2, 0.25) is 20.1 Å². The number of nitrogens with zero attached hydrogens (tertiary/aromatic N) is 6. The van der Waals surface area contributed by atoms with Crippen LogP contribution in [0.15, 0.2) is 188 Å². The molecule has 0 aliphatic rings. The quantitative estimate of drug-likeness (QED) is 0.0477. The van der Waals surface area contributed by atoms with Gasteiger partial charge in [0.05, 0.1) is 54.1 Å². The van der Waals surface area contributed by atoms with E-state index < -0.39 is 5.91 Å². The summed E-state index contributed by atoms with van der Waals surface area (Å²) in [6.45, 7) is 3.32. The highest BCUT2D eigenvalue weighted by Gasteiger charge is 2.20. The third kappa shape index (κ3) is 11.0. The summed E-state index contributed by atoms with van der Waals surface area (Å²) in [5, 5.41) is 56.3. The number of anilines is 2. The van der Waals surface area contributed by atoms with Crippen LogP contribution in [0.1, 0.15) is 38.8 Å². The fraction of sp³-hybridized carbons (Fsp3) is 0.0545. The number of hydrogen-bond acceptors (Lipinski definition) is 12. The average Bonchev–Trinajstić information content (AvgIpc) is 3.38. The second kappa shape index (κ2) is 21.5. The van der Waals surface area contributed by atoms with E-state index in [1.807, 2.05) is 67.6 Å². The number of carbonyl (C=O) groups excluding carboxylic acids is 2. The molecule has 0 aliphatic heterocycles. The normalized spacial score (nSPS) is 11.6. The molecular weight excluding hydrogens is 994 g/mol. The van der Waals surface area contributed by atoms with Gasteiger partial charge in [0.1, 0.15) is 23.7 Å². The molecule has 13 nitrogen and oxygen atoms in total. The molecule has 9 rings (SSSR count). The maximum Gasteiger partial charge on any atom is 0.259 e. The van der Waals surface area contributed by atoms with Crippen molar-refractivity contribution in [2.45, 2.75) is 20.5 Å². The molecular formula is C55H38Cl4N8O5. The number of nitrogens with one attached hydrogen (secondary N) is 2. The third-order valence-corrected chi connectivity index (χ3v) is 12.9. The van der Waals surface area contributed by atoms with Crippen LogP contribution in [-0.4, -0.2) is 21.9 Å². The molecule has 356 valence electrons. The van der Waals surface area contributed by atoms with Gasteiger partial charge in [0.2, 0.25) is 0 Å². The van der Waals surface area contributed by atoms with E-state index in [-0.39, 0.29) is 45.9 Å². The molecule has 0 unspecified atom stereocenters. The van der Waals surface area contributed by atoms with E-state index in [1.54, 1.807) is 91.0 Å². The molecule has 17 heteroatoms. The van der Waals surface area contributed by atoms with Crippen molar-refractivity contribution >= 4 is 125 Å². The minimum Gasteiger partial charge on any atom is -0.505 e. The lowest BCUT2D eigenvalue weighted by Gasteiger charge is -2.12. The molecule has 0 bridgehead atoms. The first-order valence-corrected chi connectivity index (χ1v) is 23.5.